The van der Waals surface area contributed by atoms with Crippen molar-refractivity contribution in [3.8, 4) is 0 Å². The second kappa shape index (κ2) is 8.08. The molecule has 1 N–H and O–H groups in total. The molecule has 0 spiro atoms. The van der Waals surface area contributed by atoms with Crippen LogP contribution < -0.4 is 5.32 Å². The maximum atomic E-state index is 12.9. The van der Waals surface area contributed by atoms with Gasteiger partial charge in [-0.25, -0.2) is 4.79 Å². The van der Waals surface area contributed by atoms with E-state index >= 15 is 0 Å². The van der Waals surface area contributed by atoms with E-state index in [0.717, 1.165) is 37.8 Å². The number of ether oxygens (including phenoxy) is 1. The standard InChI is InChI=1S/C20H26N4O3/c1-26-12-10-18-22-19(27-23-18)17-7-2-3-11-24(17)20(25)21-16-9-8-14-5-4-6-15(14)13-16/h8-9,13,17H,2-7,10-12H2,1H3,(H,21,25)/t17-/m1/s1. The first kappa shape index (κ1) is 18.0. The number of hydrogen-bond donors (Lipinski definition) is 1. The molecule has 1 saturated heterocycles. The number of nitrogens with zero attached hydrogens (tertiary/aromatic N) is 3. The number of likely N-dealkylation sites (tertiary alicyclic amines) is 1. The van der Waals surface area contributed by atoms with Crippen molar-refractivity contribution < 1.29 is 14.1 Å². The third-order valence-corrected chi connectivity index (χ3v) is 5.41. The van der Waals surface area contributed by atoms with Gasteiger partial charge in [-0.15, -0.1) is 0 Å². The normalized spacial score (nSPS) is 19.1. The number of carbonyl (C=O) groups excluding carboxylic acids is 1. The summed E-state index contributed by atoms with van der Waals surface area (Å²) in [5.41, 5.74) is 3.61. The summed E-state index contributed by atoms with van der Waals surface area (Å²) in [6, 6.07) is 5.96. The Morgan fingerprint density at radius 2 is 2.19 bits per heavy atom. The molecule has 0 bridgehead atoms. The van der Waals surface area contributed by atoms with E-state index in [1.54, 1.807) is 7.11 Å². The summed E-state index contributed by atoms with van der Waals surface area (Å²) < 4.78 is 10.5. The van der Waals surface area contributed by atoms with Crippen molar-refractivity contribution in [2.75, 3.05) is 25.6 Å². The Bertz CT molecular complexity index is 804. The number of amides is 2. The minimum atomic E-state index is -0.169. The van der Waals surface area contributed by atoms with Gasteiger partial charge in [0.2, 0.25) is 5.89 Å². The van der Waals surface area contributed by atoms with E-state index in [4.69, 9.17) is 9.26 Å². The highest BCUT2D eigenvalue weighted by atomic mass is 16.5. The van der Waals surface area contributed by atoms with Crippen LogP contribution in [-0.4, -0.2) is 41.3 Å². The number of rotatable bonds is 5. The topological polar surface area (TPSA) is 80.5 Å². The van der Waals surface area contributed by atoms with Gasteiger partial charge < -0.3 is 19.5 Å². The molecule has 1 aromatic heterocycles. The summed E-state index contributed by atoms with van der Waals surface area (Å²) >= 11 is 0. The van der Waals surface area contributed by atoms with Crippen LogP contribution in [0.1, 0.15) is 54.6 Å². The fourth-order valence-electron chi connectivity index (χ4n) is 3.97. The van der Waals surface area contributed by atoms with Gasteiger partial charge in [0, 0.05) is 25.8 Å². The van der Waals surface area contributed by atoms with Gasteiger partial charge >= 0.3 is 6.03 Å². The molecule has 1 fully saturated rings. The van der Waals surface area contributed by atoms with E-state index in [1.807, 2.05) is 11.0 Å². The summed E-state index contributed by atoms with van der Waals surface area (Å²) in [6.07, 6.45) is 6.90. The third kappa shape index (κ3) is 3.98. The fourth-order valence-corrected chi connectivity index (χ4v) is 3.97. The molecule has 1 aliphatic carbocycles. The van der Waals surface area contributed by atoms with E-state index in [9.17, 15) is 4.79 Å². The molecule has 1 atom stereocenters. The van der Waals surface area contributed by atoms with Crippen molar-refractivity contribution in [2.45, 2.75) is 51.0 Å². The minimum Gasteiger partial charge on any atom is -0.384 e. The maximum absolute atomic E-state index is 12.9. The molecule has 144 valence electrons. The number of anilines is 1. The molecule has 1 aromatic carbocycles. The predicted octanol–water partition coefficient (Wildman–Crippen LogP) is 3.51. The zero-order valence-electron chi connectivity index (χ0n) is 15.7. The molecule has 4 rings (SSSR count). The molecule has 1 aliphatic heterocycles. The lowest BCUT2D eigenvalue weighted by atomic mass is 10.0. The highest BCUT2D eigenvalue weighted by molar-refractivity contribution is 5.89. The molecular weight excluding hydrogens is 344 g/mol. The molecule has 2 aliphatic rings. The van der Waals surface area contributed by atoms with Crippen molar-refractivity contribution in [3.05, 3.63) is 41.0 Å². The van der Waals surface area contributed by atoms with Gasteiger partial charge in [-0.3, -0.25) is 0 Å². The smallest absolute Gasteiger partial charge is 0.322 e. The summed E-state index contributed by atoms with van der Waals surface area (Å²) in [6.45, 7) is 1.24. The molecule has 7 heteroatoms. The number of aryl methyl sites for hydroxylation is 2. The van der Waals surface area contributed by atoms with Crippen LogP contribution in [0.25, 0.3) is 0 Å². The second-order valence-electron chi connectivity index (χ2n) is 7.26. The number of nitrogens with one attached hydrogen (secondary N) is 1. The first-order valence-electron chi connectivity index (χ1n) is 9.75. The zero-order chi connectivity index (χ0) is 18.6. The number of methoxy groups -OCH3 is 1. The van der Waals surface area contributed by atoms with Gasteiger partial charge in [-0.1, -0.05) is 11.2 Å². The first-order chi connectivity index (χ1) is 13.2. The SMILES string of the molecule is COCCc1noc([C@H]2CCCCN2C(=O)Nc2ccc3c(c2)CCC3)n1. The minimum absolute atomic E-state index is 0.103. The number of urea groups is 1. The van der Waals surface area contributed by atoms with Crippen molar-refractivity contribution in [2.24, 2.45) is 0 Å². The fraction of sp³-hybridized carbons (Fsp3) is 0.550. The van der Waals surface area contributed by atoms with E-state index in [-0.39, 0.29) is 12.1 Å². The van der Waals surface area contributed by atoms with Crippen LogP contribution in [0.4, 0.5) is 10.5 Å². The monoisotopic (exact) mass is 370 g/mol. The van der Waals surface area contributed by atoms with Crippen LogP contribution in [0.2, 0.25) is 0 Å². The van der Waals surface area contributed by atoms with Crippen LogP contribution in [0.5, 0.6) is 0 Å². The third-order valence-electron chi connectivity index (χ3n) is 5.41. The van der Waals surface area contributed by atoms with E-state index in [1.165, 1.54) is 17.5 Å². The number of fused-ring (bicyclic) bond motifs is 1. The highest BCUT2D eigenvalue weighted by Crippen LogP contribution is 2.31. The Morgan fingerprint density at radius 1 is 1.30 bits per heavy atom. The van der Waals surface area contributed by atoms with Crippen molar-refractivity contribution >= 4 is 11.7 Å². The summed E-state index contributed by atoms with van der Waals surface area (Å²) in [4.78, 5) is 19.2. The number of aromatic nitrogens is 2. The quantitative estimate of drug-likeness (QED) is 0.871. The molecule has 2 aromatic rings. The van der Waals surface area contributed by atoms with Crippen LogP contribution in [0.3, 0.4) is 0 Å². The van der Waals surface area contributed by atoms with Crippen LogP contribution in [0, 0.1) is 0 Å². The van der Waals surface area contributed by atoms with Gasteiger partial charge in [-0.05, 0) is 61.8 Å². The Labute approximate surface area is 159 Å². The number of piperidine rings is 1. The molecule has 7 nitrogen and oxygen atoms in total. The van der Waals surface area contributed by atoms with Gasteiger partial charge in [0.25, 0.3) is 0 Å². The molecule has 0 radical (unpaired) electrons. The van der Waals surface area contributed by atoms with Crippen LogP contribution >= 0.6 is 0 Å². The lowest BCUT2D eigenvalue weighted by Crippen LogP contribution is -2.41. The van der Waals surface area contributed by atoms with E-state index < -0.39 is 0 Å². The highest BCUT2D eigenvalue weighted by Gasteiger charge is 2.32. The lowest BCUT2D eigenvalue weighted by molar-refractivity contribution is 0.142. The zero-order valence-corrected chi connectivity index (χ0v) is 15.7. The number of benzene rings is 1. The number of hydrogen-bond acceptors (Lipinski definition) is 5. The largest absolute Gasteiger partial charge is 0.384 e. The molecule has 27 heavy (non-hydrogen) atoms. The molecule has 0 unspecified atom stereocenters. The van der Waals surface area contributed by atoms with E-state index in [2.05, 4.69) is 27.6 Å². The molecule has 0 saturated carbocycles. The average molecular weight is 370 g/mol. The summed E-state index contributed by atoms with van der Waals surface area (Å²) in [5, 5.41) is 7.08. The lowest BCUT2D eigenvalue weighted by Gasteiger charge is -2.33. The first-order valence-corrected chi connectivity index (χ1v) is 9.75. The van der Waals surface area contributed by atoms with E-state index in [0.29, 0.717) is 31.3 Å². The molecule has 2 amide bonds. The second-order valence-corrected chi connectivity index (χ2v) is 7.26. The van der Waals surface area contributed by atoms with Gasteiger partial charge in [0.15, 0.2) is 5.82 Å². The summed E-state index contributed by atoms with van der Waals surface area (Å²) in [7, 11) is 1.65. The maximum Gasteiger partial charge on any atom is 0.322 e. The summed E-state index contributed by atoms with van der Waals surface area (Å²) in [5.74, 6) is 1.14. The van der Waals surface area contributed by atoms with Crippen LogP contribution in [0.15, 0.2) is 22.7 Å². The average Bonchev–Trinajstić information content (AvgIpc) is 3.35. The number of carbonyl (C=O) groups is 1. The van der Waals surface area contributed by atoms with Crippen molar-refractivity contribution in [1.82, 2.24) is 15.0 Å². The van der Waals surface area contributed by atoms with Crippen LogP contribution in [-0.2, 0) is 24.0 Å². The van der Waals surface area contributed by atoms with Gasteiger partial charge in [-0.2, -0.15) is 4.98 Å². The Balaban J connectivity index is 1.46. The van der Waals surface area contributed by atoms with Crippen molar-refractivity contribution in [3.63, 3.8) is 0 Å². The van der Waals surface area contributed by atoms with Gasteiger partial charge in [0.1, 0.15) is 6.04 Å². The predicted molar refractivity (Wildman–Crippen MR) is 101 cm³/mol. The molecular formula is C20H26N4O3. The Morgan fingerprint density at radius 3 is 3.07 bits per heavy atom. The Kier molecular flexibility index (Phi) is 5.38. The van der Waals surface area contributed by atoms with Gasteiger partial charge in [0.05, 0.1) is 6.61 Å². The molecule has 2 heterocycles. The van der Waals surface area contributed by atoms with Crippen molar-refractivity contribution in [1.29, 1.82) is 0 Å². The Hall–Kier alpha value is -2.41.